The molecule has 0 bridgehead atoms. The van der Waals surface area contributed by atoms with Gasteiger partial charge in [0.25, 0.3) is 0 Å². The summed E-state index contributed by atoms with van der Waals surface area (Å²) >= 11 is 0. The molecule has 0 aromatic rings. The maximum atomic E-state index is 2.33. The summed E-state index contributed by atoms with van der Waals surface area (Å²) in [6.07, 6.45) is 6.95. The van der Waals surface area contributed by atoms with Gasteiger partial charge in [-0.1, -0.05) is 74.1 Å². The van der Waals surface area contributed by atoms with Gasteiger partial charge in [0.1, 0.15) is 0 Å². The van der Waals surface area contributed by atoms with E-state index < -0.39 is 0 Å². The lowest BCUT2D eigenvalue weighted by Crippen LogP contribution is -2.06. The molecule has 0 radical (unpaired) electrons. The van der Waals surface area contributed by atoms with Crippen molar-refractivity contribution in [1.29, 1.82) is 0 Å². The highest BCUT2D eigenvalue weighted by atomic mass is 14.2. The molecule has 0 spiro atoms. The zero-order chi connectivity index (χ0) is 11.6. The molecule has 0 heteroatoms. The van der Waals surface area contributed by atoms with Crippen LogP contribution in [0, 0.1) is 11.3 Å². The van der Waals surface area contributed by atoms with Crippen LogP contribution in [0.2, 0.25) is 0 Å². The Balaban J connectivity index is 0. The first-order valence-corrected chi connectivity index (χ1v) is 6.49. The van der Waals surface area contributed by atoms with E-state index in [0.717, 1.165) is 5.92 Å². The third-order valence-electron chi connectivity index (χ3n) is 2.69. The van der Waals surface area contributed by atoms with E-state index in [-0.39, 0.29) is 0 Å². The van der Waals surface area contributed by atoms with Gasteiger partial charge >= 0.3 is 0 Å². The van der Waals surface area contributed by atoms with Crippen molar-refractivity contribution in [2.24, 2.45) is 11.3 Å². The fraction of sp³-hybridized carbons (Fsp3) is 1.00. The number of rotatable bonds is 5. The normalized spacial score (nSPS) is 11.1. The summed E-state index contributed by atoms with van der Waals surface area (Å²) in [5, 5.41) is 0. The first-order valence-electron chi connectivity index (χ1n) is 6.49. The van der Waals surface area contributed by atoms with Crippen molar-refractivity contribution in [2.45, 2.75) is 80.6 Å². The van der Waals surface area contributed by atoms with Gasteiger partial charge in [-0.15, -0.1) is 0 Å². The Morgan fingerprint density at radius 1 is 0.929 bits per heavy atom. The van der Waals surface area contributed by atoms with Crippen LogP contribution in [0.25, 0.3) is 0 Å². The van der Waals surface area contributed by atoms with Crippen molar-refractivity contribution in [1.82, 2.24) is 0 Å². The summed E-state index contributed by atoms with van der Waals surface area (Å²) in [5.41, 5.74) is 0.534. The van der Waals surface area contributed by atoms with Gasteiger partial charge in [0, 0.05) is 0 Å². The lowest BCUT2D eigenvalue weighted by atomic mass is 9.87. The second-order valence-corrected chi connectivity index (χ2v) is 5.14. The molecular formula is C14H32. The van der Waals surface area contributed by atoms with E-state index in [1.54, 1.807) is 0 Å². The molecule has 0 unspecified atom stereocenters. The first-order chi connectivity index (χ1) is 6.49. The van der Waals surface area contributed by atoms with Crippen LogP contribution in [-0.4, -0.2) is 0 Å². The fourth-order valence-electron chi connectivity index (χ4n) is 1.62. The molecule has 0 saturated heterocycles. The predicted molar refractivity (Wildman–Crippen MR) is 68.7 cm³/mol. The van der Waals surface area contributed by atoms with Gasteiger partial charge in [-0.2, -0.15) is 0 Å². The number of hydrogen-bond acceptors (Lipinski definition) is 0. The van der Waals surface area contributed by atoms with Gasteiger partial charge in [-0.3, -0.25) is 0 Å². The summed E-state index contributed by atoms with van der Waals surface area (Å²) < 4.78 is 0. The highest BCUT2D eigenvalue weighted by molar-refractivity contribution is 4.63. The van der Waals surface area contributed by atoms with Crippen molar-refractivity contribution >= 4 is 0 Å². The van der Waals surface area contributed by atoms with E-state index in [0.29, 0.717) is 5.41 Å². The smallest absolute Gasteiger partial charge is 0.0383 e. The van der Waals surface area contributed by atoms with Crippen molar-refractivity contribution in [3.63, 3.8) is 0 Å². The molecule has 0 saturated carbocycles. The number of hydrogen-bond donors (Lipinski definition) is 0. The third-order valence-corrected chi connectivity index (χ3v) is 2.69. The Morgan fingerprint density at radius 2 is 1.36 bits per heavy atom. The van der Waals surface area contributed by atoms with Gasteiger partial charge in [0.2, 0.25) is 0 Å². The second-order valence-electron chi connectivity index (χ2n) is 5.14. The Hall–Kier alpha value is 0. The topological polar surface area (TPSA) is 0 Å². The second kappa shape index (κ2) is 9.55. The first kappa shape index (κ1) is 16.4. The lowest BCUT2D eigenvalue weighted by Gasteiger charge is -2.19. The van der Waals surface area contributed by atoms with E-state index in [2.05, 4.69) is 34.6 Å². The Morgan fingerprint density at radius 3 is 1.64 bits per heavy atom. The molecule has 0 aliphatic carbocycles. The van der Waals surface area contributed by atoms with Gasteiger partial charge < -0.3 is 0 Å². The maximum absolute atomic E-state index is 2.33. The molecule has 0 aromatic heterocycles. The maximum Gasteiger partial charge on any atom is -0.0383 e. The average Bonchev–Trinajstić information content (AvgIpc) is 2.14. The van der Waals surface area contributed by atoms with Crippen LogP contribution in [0.15, 0.2) is 0 Å². The van der Waals surface area contributed by atoms with Crippen LogP contribution in [-0.2, 0) is 0 Å². The van der Waals surface area contributed by atoms with Crippen LogP contribution in [0.5, 0.6) is 0 Å². The molecule has 0 fully saturated rings. The van der Waals surface area contributed by atoms with E-state index in [1.807, 2.05) is 13.8 Å². The zero-order valence-electron chi connectivity index (χ0n) is 11.6. The third kappa shape index (κ3) is 12.0. The van der Waals surface area contributed by atoms with Gasteiger partial charge in [0.05, 0.1) is 0 Å². The molecule has 0 nitrogen and oxygen atoms in total. The van der Waals surface area contributed by atoms with Crippen molar-refractivity contribution in [3.8, 4) is 0 Å². The molecule has 0 atom stereocenters. The summed E-state index contributed by atoms with van der Waals surface area (Å²) in [7, 11) is 0. The van der Waals surface area contributed by atoms with Crippen LogP contribution >= 0.6 is 0 Å². The zero-order valence-corrected chi connectivity index (χ0v) is 11.6. The Labute approximate surface area is 92.5 Å². The largest absolute Gasteiger partial charge is 0.0683 e. The minimum atomic E-state index is 0.534. The molecule has 0 heterocycles. The highest BCUT2D eigenvalue weighted by Crippen LogP contribution is 2.24. The SMILES string of the molecule is CC.CCC(CC)CCCC(C)(C)C. The molecule has 0 aliphatic heterocycles. The molecule has 0 N–H and O–H groups in total. The average molecular weight is 200 g/mol. The van der Waals surface area contributed by atoms with Gasteiger partial charge in [0.15, 0.2) is 0 Å². The quantitative estimate of drug-likeness (QED) is 0.537. The fourth-order valence-corrected chi connectivity index (χ4v) is 1.62. The molecule has 0 aliphatic rings. The molecular weight excluding hydrogens is 168 g/mol. The summed E-state index contributed by atoms with van der Waals surface area (Å²) in [6, 6.07) is 0. The van der Waals surface area contributed by atoms with E-state index in [4.69, 9.17) is 0 Å². The van der Waals surface area contributed by atoms with E-state index in [9.17, 15) is 0 Å². The van der Waals surface area contributed by atoms with Crippen LogP contribution in [0.3, 0.4) is 0 Å². The Bertz CT molecular complexity index is 93.1. The van der Waals surface area contributed by atoms with Crippen molar-refractivity contribution in [2.75, 3.05) is 0 Å². The van der Waals surface area contributed by atoms with Crippen molar-refractivity contribution in [3.05, 3.63) is 0 Å². The van der Waals surface area contributed by atoms with Gasteiger partial charge in [-0.05, 0) is 17.8 Å². The van der Waals surface area contributed by atoms with Crippen LogP contribution in [0.4, 0.5) is 0 Å². The van der Waals surface area contributed by atoms with Crippen LogP contribution in [0.1, 0.15) is 80.6 Å². The molecule has 0 amide bonds. The summed E-state index contributed by atoms with van der Waals surface area (Å²) in [6.45, 7) is 15.6. The minimum Gasteiger partial charge on any atom is -0.0683 e. The minimum absolute atomic E-state index is 0.534. The predicted octanol–water partition coefficient (Wildman–Crippen LogP) is 5.67. The monoisotopic (exact) mass is 200 g/mol. The summed E-state index contributed by atoms with van der Waals surface area (Å²) in [4.78, 5) is 0. The lowest BCUT2D eigenvalue weighted by molar-refractivity contribution is 0.331. The van der Waals surface area contributed by atoms with Gasteiger partial charge in [-0.25, -0.2) is 0 Å². The standard InChI is InChI=1S/C12H26.C2H6/c1-6-11(7-2)9-8-10-12(3,4)5;1-2/h11H,6-10H2,1-5H3;1-2H3. The molecule has 0 rings (SSSR count). The molecule has 88 valence electrons. The van der Waals surface area contributed by atoms with E-state index in [1.165, 1.54) is 32.1 Å². The Kier molecular flexibility index (Phi) is 11.2. The van der Waals surface area contributed by atoms with Crippen molar-refractivity contribution < 1.29 is 0 Å². The van der Waals surface area contributed by atoms with Crippen LogP contribution < -0.4 is 0 Å². The molecule has 0 aromatic carbocycles. The molecule has 14 heavy (non-hydrogen) atoms. The van der Waals surface area contributed by atoms with E-state index >= 15 is 0 Å². The highest BCUT2D eigenvalue weighted by Gasteiger charge is 2.10. The summed E-state index contributed by atoms with van der Waals surface area (Å²) in [5.74, 6) is 0.979.